The molecule has 0 unspecified atom stereocenters. The Morgan fingerprint density at radius 1 is 1.13 bits per heavy atom. The molecule has 130 valence electrons. The summed E-state index contributed by atoms with van der Waals surface area (Å²) in [5, 5.41) is 10.4. The minimum atomic E-state index is -0.408. The van der Waals surface area contributed by atoms with Gasteiger partial charge in [-0.3, -0.25) is 4.90 Å². The lowest BCUT2D eigenvalue weighted by molar-refractivity contribution is -0.0294. The third-order valence-electron chi connectivity index (χ3n) is 4.97. The van der Waals surface area contributed by atoms with E-state index in [2.05, 4.69) is 30.9 Å². The average Bonchev–Trinajstić information content (AvgIpc) is 2.62. The number of rotatable bonds is 9. The van der Waals surface area contributed by atoms with E-state index in [1.807, 2.05) is 18.2 Å². The van der Waals surface area contributed by atoms with Crippen LogP contribution >= 0.6 is 0 Å². The van der Waals surface area contributed by atoms with E-state index >= 15 is 0 Å². The highest BCUT2D eigenvalue weighted by Gasteiger charge is 2.22. The second-order valence-corrected chi connectivity index (χ2v) is 6.67. The molecular weight excluding hydrogens is 286 g/mol. The van der Waals surface area contributed by atoms with Crippen molar-refractivity contribution in [2.75, 3.05) is 19.7 Å². The highest BCUT2D eigenvalue weighted by Crippen LogP contribution is 2.23. The van der Waals surface area contributed by atoms with E-state index in [0.717, 1.165) is 19.5 Å². The Morgan fingerprint density at radius 3 is 2.43 bits per heavy atom. The summed E-state index contributed by atoms with van der Waals surface area (Å²) in [5.41, 5.74) is 1.20. The molecule has 0 bridgehead atoms. The molecule has 0 aliphatic heterocycles. The molecular formula is C20H33NO2. The predicted octanol–water partition coefficient (Wildman–Crippen LogP) is 4.17. The first-order valence-electron chi connectivity index (χ1n) is 9.33. The molecule has 2 rings (SSSR count). The first kappa shape index (κ1) is 18.4. The lowest BCUT2D eigenvalue weighted by Crippen LogP contribution is -2.42. The van der Waals surface area contributed by atoms with Gasteiger partial charge in [0.05, 0.1) is 18.8 Å². The molecule has 0 aromatic heterocycles. The fourth-order valence-corrected chi connectivity index (χ4v) is 3.65. The summed E-state index contributed by atoms with van der Waals surface area (Å²) in [5.74, 6) is 0. The minimum absolute atomic E-state index is 0.0793. The summed E-state index contributed by atoms with van der Waals surface area (Å²) in [6.45, 7) is 6.48. The molecule has 0 spiro atoms. The van der Waals surface area contributed by atoms with Crippen LogP contribution in [0.4, 0.5) is 0 Å². The van der Waals surface area contributed by atoms with E-state index in [9.17, 15) is 5.11 Å². The normalized spacial score (nSPS) is 19.0. The molecule has 1 N–H and O–H groups in total. The standard InChI is InChI=1S/C20H33NO2/c1-3-20(17-11-7-5-8-12-17)23-16-19(22)15-21(4-2)18-13-9-6-10-14-18/h5,7-8,11-12,18-20,22H,3-4,6,9-10,13-16H2,1-2H3/t19-,20+/m1/s1. The molecule has 2 atom stereocenters. The van der Waals surface area contributed by atoms with E-state index in [0.29, 0.717) is 12.6 Å². The van der Waals surface area contributed by atoms with Crippen LogP contribution < -0.4 is 0 Å². The van der Waals surface area contributed by atoms with Crippen LogP contribution in [0.15, 0.2) is 30.3 Å². The van der Waals surface area contributed by atoms with Gasteiger partial charge in [0.2, 0.25) is 0 Å². The van der Waals surface area contributed by atoms with Gasteiger partial charge >= 0.3 is 0 Å². The largest absolute Gasteiger partial charge is 0.389 e. The van der Waals surface area contributed by atoms with Crippen LogP contribution in [0.3, 0.4) is 0 Å². The van der Waals surface area contributed by atoms with Gasteiger partial charge < -0.3 is 9.84 Å². The van der Waals surface area contributed by atoms with Crippen LogP contribution in [0.2, 0.25) is 0 Å². The summed E-state index contributed by atoms with van der Waals surface area (Å²) in [6.07, 6.45) is 7.20. The highest BCUT2D eigenvalue weighted by atomic mass is 16.5. The SMILES string of the molecule is CC[C@H](OC[C@H](O)CN(CC)C1CCCCC1)c1ccccc1. The predicted molar refractivity (Wildman–Crippen MR) is 95.6 cm³/mol. The average molecular weight is 319 g/mol. The molecule has 3 nitrogen and oxygen atoms in total. The number of hydrogen-bond donors (Lipinski definition) is 1. The van der Waals surface area contributed by atoms with Gasteiger partial charge in [-0.1, -0.05) is 63.4 Å². The van der Waals surface area contributed by atoms with Gasteiger partial charge in [0.1, 0.15) is 0 Å². The Morgan fingerprint density at radius 2 is 1.83 bits per heavy atom. The van der Waals surface area contributed by atoms with Gasteiger partial charge in [-0.15, -0.1) is 0 Å². The summed E-state index contributed by atoms with van der Waals surface area (Å²) in [4.78, 5) is 2.44. The van der Waals surface area contributed by atoms with Gasteiger partial charge in [-0.2, -0.15) is 0 Å². The number of ether oxygens (including phenoxy) is 1. The van der Waals surface area contributed by atoms with Crippen LogP contribution in [0.25, 0.3) is 0 Å². The Kier molecular flexibility index (Phi) is 8.07. The number of hydrogen-bond acceptors (Lipinski definition) is 3. The van der Waals surface area contributed by atoms with Gasteiger partial charge in [-0.05, 0) is 31.4 Å². The van der Waals surface area contributed by atoms with E-state index in [-0.39, 0.29) is 6.10 Å². The minimum Gasteiger partial charge on any atom is -0.389 e. The highest BCUT2D eigenvalue weighted by molar-refractivity contribution is 5.17. The van der Waals surface area contributed by atoms with Gasteiger partial charge in [-0.25, -0.2) is 0 Å². The molecule has 1 fully saturated rings. The van der Waals surface area contributed by atoms with Gasteiger partial charge in [0.25, 0.3) is 0 Å². The molecule has 0 heterocycles. The van der Waals surface area contributed by atoms with Crippen LogP contribution in [0.1, 0.15) is 64.0 Å². The van der Waals surface area contributed by atoms with Crippen molar-refractivity contribution in [3.63, 3.8) is 0 Å². The van der Waals surface area contributed by atoms with Crippen molar-refractivity contribution in [2.24, 2.45) is 0 Å². The van der Waals surface area contributed by atoms with Crippen LogP contribution in [-0.2, 0) is 4.74 Å². The zero-order valence-corrected chi connectivity index (χ0v) is 14.8. The lowest BCUT2D eigenvalue weighted by Gasteiger charge is -2.35. The van der Waals surface area contributed by atoms with Crippen LogP contribution in [0, 0.1) is 0 Å². The van der Waals surface area contributed by atoms with Crippen molar-refractivity contribution in [3.05, 3.63) is 35.9 Å². The number of aliphatic hydroxyl groups is 1. The fraction of sp³-hybridized carbons (Fsp3) is 0.700. The molecule has 1 aromatic rings. The third kappa shape index (κ3) is 5.91. The molecule has 0 amide bonds. The topological polar surface area (TPSA) is 32.7 Å². The molecule has 3 heteroatoms. The number of nitrogens with zero attached hydrogens (tertiary/aromatic N) is 1. The number of benzene rings is 1. The molecule has 0 radical (unpaired) electrons. The van der Waals surface area contributed by atoms with Crippen molar-refractivity contribution in [1.29, 1.82) is 0 Å². The van der Waals surface area contributed by atoms with Crippen LogP contribution in [0.5, 0.6) is 0 Å². The van der Waals surface area contributed by atoms with Crippen molar-refractivity contribution < 1.29 is 9.84 Å². The molecule has 1 aliphatic carbocycles. The Hall–Kier alpha value is -0.900. The molecule has 1 aliphatic rings. The zero-order chi connectivity index (χ0) is 16.5. The van der Waals surface area contributed by atoms with Gasteiger partial charge in [0.15, 0.2) is 0 Å². The summed E-state index contributed by atoms with van der Waals surface area (Å²) < 4.78 is 6.00. The van der Waals surface area contributed by atoms with Crippen LogP contribution in [-0.4, -0.2) is 41.8 Å². The van der Waals surface area contributed by atoms with E-state index in [1.54, 1.807) is 0 Å². The lowest BCUT2D eigenvalue weighted by atomic mass is 9.94. The van der Waals surface area contributed by atoms with Crippen molar-refractivity contribution in [1.82, 2.24) is 4.90 Å². The Bertz CT molecular complexity index is 417. The summed E-state index contributed by atoms with van der Waals surface area (Å²) in [6, 6.07) is 11.0. The Labute approximate surface area is 141 Å². The molecule has 0 saturated heterocycles. The molecule has 1 aromatic carbocycles. The van der Waals surface area contributed by atoms with E-state index in [4.69, 9.17) is 4.74 Å². The first-order chi connectivity index (χ1) is 11.2. The number of likely N-dealkylation sites (N-methyl/N-ethyl adjacent to an activating group) is 1. The van der Waals surface area contributed by atoms with Crippen molar-refractivity contribution in [3.8, 4) is 0 Å². The summed E-state index contributed by atoms with van der Waals surface area (Å²) in [7, 11) is 0. The maximum atomic E-state index is 10.4. The maximum Gasteiger partial charge on any atom is 0.0900 e. The molecule has 23 heavy (non-hydrogen) atoms. The van der Waals surface area contributed by atoms with Crippen molar-refractivity contribution >= 4 is 0 Å². The fourth-order valence-electron chi connectivity index (χ4n) is 3.65. The molecule has 1 saturated carbocycles. The smallest absolute Gasteiger partial charge is 0.0900 e. The quantitative estimate of drug-likeness (QED) is 0.741. The Balaban J connectivity index is 1.79. The second-order valence-electron chi connectivity index (χ2n) is 6.67. The van der Waals surface area contributed by atoms with E-state index < -0.39 is 6.10 Å². The van der Waals surface area contributed by atoms with Gasteiger partial charge in [0, 0.05) is 12.6 Å². The monoisotopic (exact) mass is 319 g/mol. The van der Waals surface area contributed by atoms with Crippen molar-refractivity contribution in [2.45, 2.75) is 70.6 Å². The zero-order valence-electron chi connectivity index (χ0n) is 14.8. The first-order valence-corrected chi connectivity index (χ1v) is 9.33. The number of aliphatic hydroxyl groups excluding tert-OH is 1. The second kappa shape index (κ2) is 10.1. The third-order valence-corrected chi connectivity index (χ3v) is 4.97. The maximum absolute atomic E-state index is 10.4. The summed E-state index contributed by atoms with van der Waals surface area (Å²) >= 11 is 0. The van der Waals surface area contributed by atoms with E-state index in [1.165, 1.54) is 37.7 Å².